The van der Waals surface area contributed by atoms with Crippen molar-refractivity contribution in [1.82, 2.24) is 9.97 Å². The summed E-state index contributed by atoms with van der Waals surface area (Å²) in [7, 11) is 0. The molecule has 0 aliphatic heterocycles. The summed E-state index contributed by atoms with van der Waals surface area (Å²) in [6.45, 7) is 0. The lowest BCUT2D eigenvalue weighted by atomic mass is 10.1. The number of nitrogens with two attached hydrogens (primary N) is 1. The van der Waals surface area contributed by atoms with Crippen molar-refractivity contribution in [2.45, 2.75) is 6.04 Å². The Hall–Kier alpha value is -1.88. The fourth-order valence-electron chi connectivity index (χ4n) is 1.38. The second-order valence-corrected chi connectivity index (χ2v) is 3.29. The monoisotopic (exact) mass is 221 g/mol. The number of aromatic nitrogens is 2. The summed E-state index contributed by atoms with van der Waals surface area (Å²) < 4.78 is 25.9. The van der Waals surface area contributed by atoms with E-state index in [9.17, 15) is 8.78 Å². The average molecular weight is 221 g/mol. The molecule has 1 unspecified atom stereocenters. The van der Waals surface area contributed by atoms with Gasteiger partial charge in [-0.15, -0.1) is 0 Å². The molecule has 0 aliphatic rings. The van der Waals surface area contributed by atoms with Gasteiger partial charge in [-0.25, -0.2) is 18.7 Å². The Morgan fingerprint density at radius 2 is 1.56 bits per heavy atom. The van der Waals surface area contributed by atoms with Crippen molar-refractivity contribution >= 4 is 0 Å². The summed E-state index contributed by atoms with van der Waals surface area (Å²) in [6.07, 6.45) is 3.05. The third-order valence-electron chi connectivity index (χ3n) is 2.11. The van der Waals surface area contributed by atoms with Gasteiger partial charge < -0.3 is 5.73 Å². The number of hydrogen-bond acceptors (Lipinski definition) is 3. The highest BCUT2D eigenvalue weighted by Gasteiger charge is 2.13. The third-order valence-corrected chi connectivity index (χ3v) is 2.11. The Morgan fingerprint density at radius 3 is 2.12 bits per heavy atom. The van der Waals surface area contributed by atoms with Crippen LogP contribution in [0.2, 0.25) is 0 Å². The summed E-state index contributed by atoms with van der Waals surface area (Å²) in [5.41, 5.74) is 6.10. The fourth-order valence-corrected chi connectivity index (χ4v) is 1.38. The zero-order valence-corrected chi connectivity index (χ0v) is 8.27. The molecule has 2 rings (SSSR count). The fraction of sp³-hybridized carbons (Fsp3) is 0.0909. The molecule has 5 heteroatoms. The molecule has 3 nitrogen and oxygen atoms in total. The maximum Gasteiger partial charge on any atom is 0.149 e. The van der Waals surface area contributed by atoms with Crippen molar-refractivity contribution in [3.05, 3.63) is 59.7 Å². The Kier molecular flexibility index (Phi) is 2.87. The van der Waals surface area contributed by atoms with Gasteiger partial charge in [0.25, 0.3) is 0 Å². The number of benzene rings is 1. The molecule has 0 aliphatic carbocycles. The van der Waals surface area contributed by atoms with E-state index in [1.165, 1.54) is 24.5 Å². The van der Waals surface area contributed by atoms with Crippen molar-refractivity contribution in [2.75, 3.05) is 0 Å². The predicted octanol–water partition coefficient (Wildman–Crippen LogP) is 1.80. The SMILES string of the molecule is NC(c1cc(F)cc(F)c1)c1ncccn1. The first-order valence-electron chi connectivity index (χ1n) is 4.65. The molecule has 1 heterocycles. The predicted molar refractivity (Wildman–Crippen MR) is 54.4 cm³/mol. The van der Waals surface area contributed by atoms with E-state index < -0.39 is 17.7 Å². The van der Waals surface area contributed by atoms with Gasteiger partial charge in [0.15, 0.2) is 0 Å². The summed E-state index contributed by atoms with van der Waals surface area (Å²) in [6, 6.07) is 4.05. The van der Waals surface area contributed by atoms with Crippen molar-refractivity contribution in [2.24, 2.45) is 5.73 Å². The Labute approximate surface area is 91.0 Å². The van der Waals surface area contributed by atoms with Crippen molar-refractivity contribution in [3.63, 3.8) is 0 Å². The van der Waals surface area contributed by atoms with Gasteiger partial charge in [-0.3, -0.25) is 0 Å². The molecule has 2 N–H and O–H groups in total. The molecule has 2 aromatic rings. The summed E-state index contributed by atoms with van der Waals surface area (Å²) in [4.78, 5) is 7.87. The van der Waals surface area contributed by atoms with Crippen LogP contribution in [0.1, 0.15) is 17.4 Å². The van der Waals surface area contributed by atoms with Crippen molar-refractivity contribution < 1.29 is 8.78 Å². The molecule has 0 saturated heterocycles. The molecule has 82 valence electrons. The van der Waals surface area contributed by atoms with E-state index in [-0.39, 0.29) is 0 Å². The van der Waals surface area contributed by atoms with Crippen LogP contribution in [0.5, 0.6) is 0 Å². The third kappa shape index (κ3) is 2.20. The van der Waals surface area contributed by atoms with Crippen LogP contribution in [-0.4, -0.2) is 9.97 Å². The minimum absolute atomic E-state index is 0.309. The molecule has 0 amide bonds. The van der Waals surface area contributed by atoms with Gasteiger partial charge >= 0.3 is 0 Å². The van der Waals surface area contributed by atoms with E-state index in [0.717, 1.165) is 6.07 Å². The largest absolute Gasteiger partial charge is 0.318 e. The quantitative estimate of drug-likeness (QED) is 0.841. The van der Waals surface area contributed by atoms with Crippen LogP contribution in [0.15, 0.2) is 36.7 Å². The Balaban J connectivity index is 2.37. The lowest BCUT2D eigenvalue weighted by Gasteiger charge is -2.10. The van der Waals surface area contributed by atoms with E-state index in [0.29, 0.717) is 11.4 Å². The standard InChI is InChI=1S/C11H9F2N3/c12-8-4-7(5-9(13)6-8)10(14)11-15-2-1-3-16-11/h1-6,10H,14H2. The first-order valence-corrected chi connectivity index (χ1v) is 4.65. The minimum atomic E-state index is -0.730. The van der Waals surface area contributed by atoms with Crippen LogP contribution >= 0.6 is 0 Å². The van der Waals surface area contributed by atoms with E-state index in [1.54, 1.807) is 6.07 Å². The summed E-state index contributed by atoms with van der Waals surface area (Å²) >= 11 is 0. The van der Waals surface area contributed by atoms with Crippen LogP contribution in [0.3, 0.4) is 0 Å². The first kappa shape index (κ1) is 10.6. The molecular weight excluding hydrogens is 212 g/mol. The maximum absolute atomic E-state index is 13.0. The van der Waals surface area contributed by atoms with Crippen LogP contribution in [0.4, 0.5) is 8.78 Å². The highest BCUT2D eigenvalue weighted by molar-refractivity contribution is 5.25. The molecule has 1 aromatic carbocycles. The topological polar surface area (TPSA) is 51.8 Å². The Bertz CT molecular complexity index is 468. The normalized spacial score (nSPS) is 12.4. The van der Waals surface area contributed by atoms with Gasteiger partial charge in [0.2, 0.25) is 0 Å². The van der Waals surface area contributed by atoms with Gasteiger partial charge in [0, 0.05) is 18.5 Å². The summed E-state index contributed by atoms with van der Waals surface area (Å²) in [5, 5.41) is 0. The molecule has 1 aromatic heterocycles. The van der Waals surface area contributed by atoms with Crippen LogP contribution in [0, 0.1) is 11.6 Å². The highest BCUT2D eigenvalue weighted by Crippen LogP contribution is 2.18. The number of halogens is 2. The maximum atomic E-state index is 13.0. The molecule has 0 fully saturated rings. The number of nitrogens with zero attached hydrogens (tertiary/aromatic N) is 2. The molecule has 0 spiro atoms. The van der Waals surface area contributed by atoms with E-state index >= 15 is 0 Å². The highest BCUT2D eigenvalue weighted by atomic mass is 19.1. The molecule has 16 heavy (non-hydrogen) atoms. The lowest BCUT2D eigenvalue weighted by molar-refractivity contribution is 0.576. The van der Waals surface area contributed by atoms with Crippen LogP contribution in [0.25, 0.3) is 0 Å². The van der Waals surface area contributed by atoms with E-state index in [1.807, 2.05) is 0 Å². The number of hydrogen-bond donors (Lipinski definition) is 1. The van der Waals surface area contributed by atoms with Crippen molar-refractivity contribution in [3.8, 4) is 0 Å². The molecule has 0 saturated carbocycles. The average Bonchev–Trinajstić information content (AvgIpc) is 2.28. The van der Waals surface area contributed by atoms with Gasteiger partial charge in [-0.05, 0) is 23.8 Å². The Morgan fingerprint density at radius 1 is 1.00 bits per heavy atom. The molecule has 0 radical (unpaired) electrons. The van der Waals surface area contributed by atoms with Gasteiger partial charge in [-0.2, -0.15) is 0 Å². The molecular formula is C11H9F2N3. The lowest BCUT2D eigenvalue weighted by Crippen LogP contribution is -2.15. The molecule has 1 atom stereocenters. The van der Waals surface area contributed by atoms with Gasteiger partial charge in [-0.1, -0.05) is 0 Å². The zero-order valence-electron chi connectivity index (χ0n) is 8.27. The molecule has 0 bridgehead atoms. The van der Waals surface area contributed by atoms with Crippen molar-refractivity contribution in [1.29, 1.82) is 0 Å². The second-order valence-electron chi connectivity index (χ2n) is 3.29. The van der Waals surface area contributed by atoms with Crippen LogP contribution in [-0.2, 0) is 0 Å². The van der Waals surface area contributed by atoms with E-state index in [2.05, 4.69) is 9.97 Å². The minimum Gasteiger partial charge on any atom is -0.318 e. The van der Waals surface area contributed by atoms with Crippen LogP contribution < -0.4 is 5.73 Å². The number of rotatable bonds is 2. The first-order chi connectivity index (χ1) is 7.66. The smallest absolute Gasteiger partial charge is 0.149 e. The van der Waals surface area contributed by atoms with Gasteiger partial charge in [0.05, 0.1) is 6.04 Å². The zero-order chi connectivity index (χ0) is 11.5. The second kappa shape index (κ2) is 4.32. The van der Waals surface area contributed by atoms with Gasteiger partial charge in [0.1, 0.15) is 17.5 Å². The summed E-state index contributed by atoms with van der Waals surface area (Å²) in [5.74, 6) is -1.00. The van der Waals surface area contributed by atoms with E-state index in [4.69, 9.17) is 5.73 Å².